The number of esters is 3. The molecule has 0 aromatic carbocycles. The van der Waals surface area contributed by atoms with Crippen LogP contribution in [0.3, 0.4) is 0 Å². The van der Waals surface area contributed by atoms with Gasteiger partial charge in [-0.1, -0.05) is 0 Å². The van der Waals surface area contributed by atoms with Gasteiger partial charge < -0.3 is 0 Å². The molecule has 0 spiro atoms. The SMILES string of the molecule is CCOCCOC(=O)[CH](C)[Sn]([CH](C)C(=O)OCCOCC)[CH](C)C(=O)OCCOCC. The molecule has 0 amide bonds. The maximum atomic E-state index is 12.6. The molecule has 31 heavy (non-hydrogen) atoms. The number of carbonyl (C=O) groups is 3. The molecule has 0 heterocycles. The second-order valence-electron chi connectivity index (χ2n) is 6.76. The molecule has 0 aliphatic heterocycles. The minimum absolute atomic E-state index is 0.133. The zero-order valence-electron chi connectivity index (χ0n) is 19.8. The van der Waals surface area contributed by atoms with Crippen molar-refractivity contribution in [3.05, 3.63) is 0 Å². The molecule has 9 nitrogen and oxygen atoms in total. The van der Waals surface area contributed by atoms with Gasteiger partial charge in [0, 0.05) is 0 Å². The predicted octanol–water partition coefficient (Wildman–Crippen LogP) is 2.39. The standard InChI is InChI=1S/3C7H13O3.Sn/c3*1-3-7(8)10-6-5-9-4-2;/h3*3H,4-6H2,1-2H3;. The second-order valence-corrected chi connectivity index (χ2v) is 17.0. The molecule has 0 rings (SSSR count). The predicted molar refractivity (Wildman–Crippen MR) is 116 cm³/mol. The summed E-state index contributed by atoms with van der Waals surface area (Å²) in [6.07, 6.45) is 0. The van der Waals surface area contributed by atoms with Gasteiger partial charge in [0.1, 0.15) is 0 Å². The molecule has 0 fully saturated rings. The van der Waals surface area contributed by atoms with Gasteiger partial charge in [-0.05, 0) is 0 Å². The Hall–Kier alpha value is -0.911. The molecule has 181 valence electrons. The van der Waals surface area contributed by atoms with E-state index in [-0.39, 0.29) is 19.8 Å². The number of hydrogen-bond acceptors (Lipinski definition) is 9. The van der Waals surface area contributed by atoms with Crippen molar-refractivity contribution < 1.29 is 42.8 Å². The van der Waals surface area contributed by atoms with E-state index in [0.29, 0.717) is 39.6 Å². The van der Waals surface area contributed by atoms with Crippen LogP contribution in [0, 0.1) is 0 Å². The summed E-state index contributed by atoms with van der Waals surface area (Å²) in [4.78, 5) is 37.9. The Balaban J connectivity index is 5.18. The van der Waals surface area contributed by atoms with Crippen LogP contribution in [0.4, 0.5) is 0 Å². The fraction of sp³-hybridized carbons (Fsp3) is 0.857. The van der Waals surface area contributed by atoms with Crippen LogP contribution in [0.1, 0.15) is 41.5 Å². The van der Waals surface area contributed by atoms with Gasteiger partial charge in [-0.3, -0.25) is 0 Å². The maximum absolute atomic E-state index is 12.6. The van der Waals surface area contributed by atoms with Gasteiger partial charge in [0.2, 0.25) is 0 Å². The Labute approximate surface area is 193 Å². The first-order valence-electron chi connectivity index (χ1n) is 10.9. The fourth-order valence-corrected chi connectivity index (χ4v) is 12.4. The van der Waals surface area contributed by atoms with Gasteiger partial charge in [0.15, 0.2) is 0 Å². The zero-order valence-corrected chi connectivity index (χ0v) is 22.6. The molecule has 3 atom stereocenters. The van der Waals surface area contributed by atoms with Crippen LogP contribution in [-0.2, 0) is 42.8 Å². The van der Waals surface area contributed by atoms with Crippen molar-refractivity contribution in [2.75, 3.05) is 59.5 Å². The summed E-state index contributed by atoms with van der Waals surface area (Å²) in [5, 5.41) is 0. The first-order valence-corrected chi connectivity index (χ1v) is 15.9. The van der Waals surface area contributed by atoms with Crippen LogP contribution in [0.2, 0.25) is 11.8 Å². The molecule has 3 unspecified atom stereocenters. The van der Waals surface area contributed by atoms with Crippen molar-refractivity contribution in [3.8, 4) is 0 Å². The third-order valence-corrected chi connectivity index (χ3v) is 15.2. The van der Waals surface area contributed by atoms with Crippen molar-refractivity contribution in [2.45, 2.75) is 53.3 Å². The molecule has 0 aliphatic rings. The first kappa shape index (κ1) is 30.1. The Kier molecular flexibility index (Phi) is 18.1. The monoisotopic (exact) mass is 555 g/mol. The van der Waals surface area contributed by atoms with Crippen LogP contribution in [0.15, 0.2) is 0 Å². The van der Waals surface area contributed by atoms with E-state index in [0.717, 1.165) is 0 Å². The molecule has 0 aliphatic carbocycles. The van der Waals surface area contributed by atoms with Gasteiger partial charge in [-0.15, -0.1) is 0 Å². The topological polar surface area (TPSA) is 107 Å². The first-order chi connectivity index (χ1) is 14.8. The van der Waals surface area contributed by atoms with Crippen LogP contribution in [-0.4, -0.2) is 97.1 Å². The summed E-state index contributed by atoms with van der Waals surface area (Å²) in [6, 6.07) is 0. The zero-order chi connectivity index (χ0) is 23.6. The van der Waals surface area contributed by atoms with E-state index in [4.69, 9.17) is 28.4 Å². The van der Waals surface area contributed by atoms with Gasteiger partial charge in [0.25, 0.3) is 0 Å². The van der Waals surface area contributed by atoms with E-state index >= 15 is 0 Å². The molecule has 10 heteroatoms. The van der Waals surface area contributed by atoms with E-state index < -0.39 is 49.5 Å². The summed E-state index contributed by atoms with van der Waals surface area (Å²) >= 11 is -3.14. The summed E-state index contributed by atoms with van der Waals surface area (Å²) in [6.45, 7) is 13.7. The van der Waals surface area contributed by atoms with Crippen molar-refractivity contribution in [1.29, 1.82) is 0 Å². The van der Waals surface area contributed by atoms with Gasteiger partial charge in [0.05, 0.1) is 0 Å². The molecular formula is C21H39O9Sn. The Bertz CT molecular complexity index is 444. The molecule has 0 N–H and O–H groups in total. The minimum atomic E-state index is -3.14. The van der Waals surface area contributed by atoms with Gasteiger partial charge in [-0.2, -0.15) is 0 Å². The quantitative estimate of drug-likeness (QED) is 0.109. The van der Waals surface area contributed by atoms with E-state index in [9.17, 15) is 14.4 Å². The Morgan fingerprint density at radius 2 is 0.806 bits per heavy atom. The molecular weight excluding hydrogens is 515 g/mol. The molecule has 0 bridgehead atoms. The van der Waals surface area contributed by atoms with Crippen LogP contribution in [0.25, 0.3) is 0 Å². The van der Waals surface area contributed by atoms with E-state index in [1.165, 1.54) is 0 Å². The van der Waals surface area contributed by atoms with Gasteiger partial charge in [-0.25, -0.2) is 0 Å². The Morgan fingerprint density at radius 1 is 0.548 bits per heavy atom. The second kappa shape index (κ2) is 18.6. The number of rotatable bonds is 18. The summed E-state index contributed by atoms with van der Waals surface area (Å²) in [7, 11) is 0. The van der Waals surface area contributed by atoms with Crippen LogP contribution >= 0.6 is 0 Å². The fourth-order valence-electron chi connectivity index (χ4n) is 2.94. The van der Waals surface area contributed by atoms with E-state index in [1.54, 1.807) is 20.8 Å². The van der Waals surface area contributed by atoms with E-state index in [2.05, 4.69) is 0 Å². The Morgan fingerprint density at radius 3 is 1.03 bits per heavy atom. The summed E-state index contributed by atoms with van der Waals surface area (Å²) < 4.78 is 29.9. The average Bonchev–Trinajstić information content (AvgIpc) is 2.76. The average molecular weight is 554 g/mol. The van der Waals surface area contributed by atoms with Crippen LogP contribution in [0.5, 0.6) is 0 Å². The summed E-state index contributed by atoms with van der Waals surface area (Å²) in [5.41, 5.74) is 0. The van der Waals surface area contributed by atoms with Crippen molar-refractivity contribution in [3.63, 3.8) is 0 Å². The molecule has 0 aromatic rings. The third kappa shape index (κ3) is 12.6. The summed E-state index contributed by atoms with van der Waals surface area (Å²) in [5.74, 6) is -1.26. The van der Waals surface area contributed by atoms with Crippen molar-refractivity contribution in [1.82, 2.24) is 0 Å². The third-order valence-electron chi connectivity index (χ3n) is 4.59. The number of ether oxygens (including phenoxy) is 6. The molecule has 0 saturated carbocycles. The van der Waals surface area contributed by atoms with Crippen LogP contribution < -0.4 is 0 Å². The van der Waals surface area contributed by atoms with Crippen molar-refractivity contribution >= 4 is 37.7 Å². The number of carbonyl (C=O) groups excluding carboxylic acids is 3. The van der Waals surface area contributed by atoms with E-state index in [1.807, 2.05) is 20.8 Å². The normalized spacial score (nSPS) is 14.0. The molecule has 0 saturated heterocycles. The van der Waals surface area contributed by atoms with Gasteiger partial charge >= 0.3 is 193 Å². The van der Waals surface area contributed by atoms with Crippen molar-refractivity contribution in [2.24, 2.45) is 0 Å². The number of hydrogen-bond donors (Lipinski definition) is 0. The molecule has 0 aromatic heterocycles. The molecule has 1 radical (unpaired) electrons.